The van der Waals surface area contributed by atoms with Gasteiger partial charge in [-0.15, -0.1) is 6.42 Å². The van der Waals surface area contributed by atoms with Crippen molar-refractivity contribution in [3.05, 3.63) is 47.7 Å². The van der Waals surface area contributed by atoms with Gasteiger partial charge in [0.1, 0.15) is 40.8 Å². The molecule has 0 aliphatic carbocycles. The zero-order valence-electron chi connectivity index (χ0n) is 31.6. The van der Waals surface area contributed by atoms with Crippen molar-refractivity contribution >= 4 is 33.6 Å². The second kappa shape index (κ2) is 14.3. The Balaban J connectivity index is 1.24. The summed E-state index contributed by atoms with van der Waals surface area (Å²) in [6, 6.07) is 5.87. The number of aromatic nitrogens is 3. The average Bonchev–Trinajstić information content (AvgIpc) is 3.81. The molecule has 55 heavy (non-hydrogen) atoms. The van der Waals surface area contributed by atoms with Crippen LogP contribution in [0.5, 0.6) is 11.8 Å². The number of hydrogen-bond acceptors (Lipinski definition) is 11. The topological polar surface area (TPSA) is 123 Å². The Labute approximate surface area is 318 Å². The molecule has 0 saturated carbocycles. The summed E-state index contributed by atoms with van der Waals surface area (Å²) >= 11 is 0. The van der Waals surface area contributed by atoms with E-state index in [0.29, 0.717) is 40.8 Å². The first kappa shape index (κ1) is 37.1. The number of halogens is 2. The molecule has 2 aromatic carbocycles. The second-order valence-electron chi connectivity index (χ2n) is 16.1. The molecule has 2 aromatic heterocycles. The molecule has 0 spiro atoms. The van der Waals surface area contributed by atoms with Gasteiger partial charge in [0.05, 0.1) is 35.2 Å². The number of carbonyl (C=O) groups excluding carboxylic acids is 1. The number of benzene rings is 2. The van der Waals surface area contributed by atoms with Crippen molar-refractivity contribution in [2.75, 3.05) is 51.7 Å². The van der Waals surface area contributed by atoms with Crippen LogP contribution in [0.15, 0.2) is 30.5 Å². The Morgan fingerprint density at radius 2 is 1.87 bits per heavy atom. The summed E-state index contributed by atoms with van der Waals surface area (Å²) in [5, 5.41) is 11.3. The van der Waals surface area contributed by atoms with Crippen molar-refractivity contribution in [2.45, 2.75) is 88.6 Å². The normalized spacial score (nSPS) is 23.7. The maximum absolute atomic E-state index is 17.3. The van der Waals surface area contributed by atoms with Gasteiger partial charge in [-0.05, 0) is 89.4 Å². The summed E-state index contributed by atoms with van der Waals surface area (Å²) in [4.78, 5) is 33.7. The average molecular weight is 757 g/mol. The lowest BCUT2D eigenvalue weighted by atomic mass is 9.95. The van der Waals surface area contributed by atoms with E-state index in [9.17, 15) is 9.90 Å². The summed E-state index contributed by atoms with van der Waals surface area (Å²) in [6.07, 6.45) is 12.2. The van der Waals surface area contributed by atoms with Crippen molar-refractivity contribution in [1.29, 1.82) is 0 Å². The van der Waals surface area contributed by atoms with E-state index in [0.717, 1.165) is 45.1 Å². The summed E-state index contributed by atoms with van der Waals surface area (Å²) < 4.78 is 55.6. The summed E-state index contributed by atoms with van der Waals surface area (Å²) in [5.74, 6) is 1.84. The first-order valence-corrected chi connectivity index (χ1v) is 18.9. The first-order chi connectivity index (χ1) is 26.4. The fourth-order valence-electron chi connectivity index (χ4n) is 9.16. The van der Waals surface area contributed by atoms with Gasteiger partial charge < -0.3 is 29.0 Å². The number of ether oxygens (including phenoxy) is 4. The van der Waals surface area contributed by atoms with E-state index in [1.807, 2.05) is 25.7 Å². The molecule has 14 heteroatoms. The standard InChI is InChI=1S/C41H46F2N6O6/c1-6-29-32(42)11-8-24-16-28(54-23-52-5)17-30(33(24)29)35-34(43)36-31(18-44-35)37(47-19-25-9-10-26(20-47)49(25)39(51)55-40(2,3)4)46-38(45-36)53-22-41-13-7-15-48(41)27(21-50)12-14-41/h1,8,11,16-18,25-27,50H,7,9-10,12-15,19-23H2,2-5H3/t25?,26?,27-,41-/m1/s1. The molecule has 4 fully saturated rings. The molecule has 4 aliphatic rings. The van der Waals surface area contributed by atoms with Gasteiger partial charge in [-0.1, -0.05) is 12.0 Å². The first-order valence-electron chi connectivity index (χ1n) is 18.9. The summed E-state index contributed by atoms with van der Waals surface area (Å²) in [7, 11) is 1.49. The van der Waals surface area contributed by atoms with E-state index in [4.69, 9.17) is 30.4 Å². The van der Waals surface area contributed by atoms with E-state index < -0.39 is 17.2 Å². The van der Waals surface area contributed by atoms with Crippen molar-refractivity contribution in [3.63, 3.8) is 0 Å². The minimum Gasteiger partial charge on any atom is -0.468 e. The third kappa shape index (κ3) is 6.66. The molecule has 2 unspecified atom stereocenters. The Morgan fingerprint density at radius 1 is 1.09 bits per heavy atom. The molecule has 6 heterocycles. The van der Waals surface area contributed by atoms with E-state index in [2.05, 4.69) is 25.7 Å². The number of amides is 1. The second-order valence-corrected chi connectivity index (χ2v) is 16.1. The predicted molar refractivity (Wildman–Crippen MR) is 202 cm³/mol. The lowest BCUT2D eigenvalue weighted by Crippen LogP contribution is -2.57. The van der Waals surface area contributed by atoms with Crippen molar-refractivity contribution < 1.29 is 37.6 Å². The van der Waals surface area contributed by atoms with Gasteiger partial charge in [-0.2, -0.15) is 9.97 Å². The minimum absolute atomic E-state index is 0.00605. The van der Waals surface area contributed by atoms with Crippen LogP contribution in [0.2, 0.25) is 0 Å². The number of aliphatic hydroxyl groups is 1. The van der Waals surface area contributed by atoms with Gasteiger partial charge in [0.15, 0.2) is 12.6 Å². The number of nitrogens with zero attached hydrogens (tertiary/aromatic N) is 6. The van der Waals surface area contributed by atoms with Crippen molar-refractivity contribution in [2.24, 2.45) is 0 Å². The molecule has 1 N–H and O–H groups in total. The third-order valence-electron chi connectivity index (χ3n) is 11.5. The Morgan fingerprint density at radius 3 is 2.58 bits per heavy atom. The van der Waals surface area contributed by atoms with Gasteiger partial charge in [-0.3, -0.25) is 14.8 Å². The fourth-order valence-corrected chi connectivity index (χ4v) is 9.16. The molecule has 2 bridgehead atoms. The van der Waals surface area contributed by atoms with Crippen molar-refractivity contribution in [3.8, 4) is 35.4 Å². The number of methoxy groups -OCH3 is 1. The third-order valence-corrected chi connectivity index (χ3v) is 11.5. The molecule has 4 aliphatic heterocycles. The monoisotopic (exact) mass is 756 g/mol. The van der Waals surface area contributed by atoms with Crippen LogP contribution in [0.4, 0.5) is 19.4 Å². The zero-order chi connectivity index (χ0) is 38.6. The zero-order valence-corrected chi connectivity index (χ0v) is 31.6. The Hall–Kier alpha value is -4.84. The van der Waals surface area contributed by atoms with Crippen LogP contribution in [-0.4, -0.2) is 112 Å². The van der Waals surface area contributed by atoms with Crippen LogP contribution in [0.3, 0.4) is 0 Å². The minimum atomic E-state index is -0.763. The molecule has 4 saturated heterocycles. The largest absolute Gasteiger partial charge is 0.468 e. The predicted octanol–water partition coefficient (Wildman–Crippen LogP) is 6.04. The molecule has 4 atom stereocenters. The van der Waals surface area contributed by atoms with E-state index in [1.165, 1.54) is 19.4 Å². The number of pyridine rings is 1. The molecular formula is C41H46F2N6O6. The number of anilines is 1. The summed E-state index contributed by atoms with van der Waals surface area (Å²) in [5.41, 5.74) is -0.845. The molecule has 8 rings (SSSR count). The Kier molecular flexibility index (Phi) is 9.68. The number of rotatable bonds is 9. The van der Waals surface area contributed by atoms with Crippen molar-refractivity contribution in [1.82, 2.24) is 24.8 Å². The van der Waals surface area contributed by atoms with Crippen LogP contribution in [-0.2, 0) is 9.47 Å². The van der Waals surface area contributed by atoms with Crippen LogP contribution in [0.25, 0.3) is 32.9 Å². The van der Waals surface area contributed by atoms with Gasteiger partial charge in [-0.25, -0.2) is 13.6 Å². The highest BCUT2D eigenvalue weighted by molar-refractivity contribution is 6.03. The van der Waals surface area contributed by atoms with Crippen LogP contribution in [0, 0.1) is 24.0 Å². The number of aliphatic hydroxyl groups excluding tert-OH is 1. The maximum Gasteiger partial charge on any atom is 0.410 e. The number of fused-ring (bicyclic) bond motifs is 5. The van der Waals surface area contributed by atoms with E-state index in [1.54, 1.807) is 18.2 Å². The van der Waals surface area contributed by atoms with Crippen LogP contribution < -0.4 is 14.4 Å². The number of hydrogen-bond donors (Lipinski definition) is 1. The summed E-state index contributed by atoms with van der Waals surface area (Å²) in [6.45, 7) is 7.58. The van der Waals surface area contributed by atoms with Crippen LogP contribution >= 0.6 is 0 Å². The Bertz CT molecular complexity index is 2180. The number of terminal acetylenes is 1. The smallest absolute Gasteiger partial charge is 0.410 e. The van der Waals surface area contributed by atoms with E-state index >= 15 is 8.78 Å². The molecule has 12 nitrogen and oxygen atoms in total. The van der Waals surface area contributed by atoms with Gasteiger partial charge >= 0.3 is 12.1 Å². The molecule has 4 aromatic rings. The number of piperazine rings is 1. The fraction of sp³-hybridized carbons (Fsp3) is 0.512. The molecule has 290 valence electrons. The van der Waals surface area contributed by atoms with Gasteiger partial charge in [0.25, 0.3) is 0 Å². The molecular weight excluding hydrogens is 710 g/mol. The highest BCUT2D eigenvalue weighted by Crippen LogP contribution is 2.44. The quantitative estimate of drug-likeness (QED) is 0.159. The van der Waals surface area contributed by atoms with Crippen LogP contribution in [0.1, 0.15) is 64.9 Å². The lowest BCUT2D eigenvalue weighted by Gasteiger charge is -2.42. The lowest BCUT2D eigenvalue weighted by molar-refractivity contribution is 0.0122. The maximum atomic E-state index is 17.3. The highest BCUT2D eigenvalue weighted by Gasteiger charge is 2.50. The number of carbonyl (C=O) groups is 1. The van der Waals surface area contributed by atoms with Gasteiger partial charge in [0, 0.05) is 43.4 Å². The van der Waals surface area contributed by atoms with Gasteiger partial charge in [0.2, 0.25) is 0 Å². The van der Waals surface area contributed by atoms with E-state index in [-0.39, 0.29) is 78.1 Å². The highest BCUT2D eigenvalue weighted by atomic mass is 19.1. The SMILES string of the molecule is C#Cc1c(F)ccc2cc(OCOC)cc(-c3ncc4c(N5CC6CCC(C5)N6C(=O)OC(C)(C)C)nc(OC[C@]56CCCN5[C@@H](CO)CC6)nc4c3F)c12. The molecule has 0 radical (unpaired) electrons. The molecule has 1 amide bonds.